The van der Waals surface area contributed by atoms with Crippen molar-refractivity contribution in [2.75, 3.05) is 5.32 Å². The fourth-order valence-electron chi connectivity index (χ4n) is 2.46. The van der Waals surface area contributed by atoms with Crippen LogP contribution in [0.1, 0.15) is 41.1 Å². The second-order valence-electron chi connectivity index (χ2n) is 5.60. The summed E-state index contributed by atoms with van der Waals surface area (Å²) in [6.45, 7) is 3.31. The number of amides is 1. The number of carbonyl (C=O) groups is 2. The van der Waals surface area contributed by atoms with Crippen molar-refractivity contribution in [2.45, 2.75) is 26.2 Å². The van der Waals surface area contributed by atoms with Gasteiger partial charge in [-0.1, -0.05) is 11.6 Å². The molecule has 2 aromatic rings. The average molecular weight is 331 g/mol. The molecule has 1 amide bonds. The smallest absolute Gasteiger partial charge is 0.228 e. The number of hydrogen-bond acceptors (Lipinski definition) is 5. The number of nitrogens with zero attached hydrogens (tertiary/aromatic N) is 3. The number of aryl methyl sites for hydroxylation is 1. The van der Waals surface area contributed by atoms with Crippen LogP contribution in [0.4, 0.5) is 5.69 Å². The summed E-state index contributed by atoms with van der Waals surface area (Å²) in [5.41, 5.74) is 1.60. The molecule has 1 saturated carbocycles. The van der Waals surface area contributed by atoms with Crippen molar-refractivity contribution in [3.8, 4) is 0 Å². The number of rotatable bonds is 4. The van der Waals surface area contributed by atoms with Gasteiger partial charge in [-0.25, -0.2) is 15.0 Å². The lowest BCUT2D eigenvalue weighted by Crippen LogP contribution is -2.17. The molecule has 1 aliphatic rings. The molecule has 7 heteroatoms. The average Bonchev–Trinajstić information content (AvgIpc) is 3.27. The molecule has 118 valence electrons. The molecular formula is C16H15ClN4O2. The summed E-state index contributed by atoms with van der Waals surface area (Å²) in [6.07, 6.45) is 3.76. The van der Waals surface area contributed by atoms with E-state index in [9.17, 15) is 9.59 Å². The van der Waals surface area contributed by atoms with Gasteiger partial charge in [-0.2, -0.15) is 0 Å². The van der Waals surface area contributed by atoms with Crippen LogP contribution >= 0.6 is 11.6 Å². The van der Waals surface area contributed by atoms with Crippen LogP contribution in [0.2, 0.25) is 5.15 Å². The highest BCUT2D eigenvalue weighted by Gasteiger charge is 2.46. The second-order valence-corrected chi connectivity index (χ2v) is 5.99. The zero-order chi connectivity index (χ0) is 16.6. The van der Waals surface area contributed by atoms with Gasteiger partial charge in [0.25, 0.3) is 0 Å². The van der Waals surface area contributed by atoms with Crippen molar-refractivity contribution in [1.29, 1.82) is 0 Å². The number of nitrogens with one attached hydrogen (secondary N) is 1. The predicted octanol–water partition coefficient (Wildman–Crippen LogP) is 2.78. The molecule has 0 saturated heterocycles. The summed E-state index contributed by atoms with van der Waals surface area (Å²) in [5, 5.41) is 2.99. The maximum atomic E-state index is 12.4. The summed E-state index contributed by atoms with van der Waals surface area (Å²) >= 11 is 5.85. The van der Waals surface area contributed by atoms with Gasteiger partial charge in [-0.05, 0) is 32.4 Å². The van der Waals surface area contributed by atoms with Crippen LogP contribution in [0.25, 0.3) is 0 Å². The number of carbonyl (C=O) groups excluding carboxylic acids is 2. The molecule has 1 aliphatic carbocycles. The van der Waals surface area contributed by atoms with Gasteiger partial charge < -0.3 is 5.32 Å². The van der Waals surface area contributed by atoms with Crippen LogP contribution in [0, 0.1) is 12.8 Å². The van der Waals surface area contributed by atoms with Gasteiger partial charge in [0, 0.05) is 29.9 Å². The van der Waals surface area contributed by atoms with E-state index in [0.717, 1.165) is 5.69 Å². The lowest BCUT2D eigenvalue weighted by atomic mass is 10.1. The van der Waals surface area contributed by atoms with Crippen LogP contribution < -0.4 is 5.32 Å². The van der Waals surface area contributed by atoms with Gasteiger partial charge in [0.05, 0.1) is 11.3 Å². The van der Waals surface area contributed by atoms with Crippen LogP contribution in [0.3, 0.4) is 0 Å². The number of pyridine rings is 1. The molecule has 0 aromatic carbocycles. The number of ketones is 1. The Hall–Kier alpha value is -2.34. The number of Topliss-reactive ketones (excluding diaryl/α,β-unsaturated/α-hetero) is 1. The first-order valence-corrected chi connectivity index (χ1v) is 7.60. The van der Waals surface area contributed by atoms with Gasteiger partial charge in [-0.3, -0.25) is 9.59 Å². The third-order valence-electron chi connectivity index (χ3n) is 3.78. The second kappa shape index (κ2) is 6.04. The largest absolute Gasteiger partial charge is 0.325 e. The Morgan fingerprint density at radius 3 is 2.83 bits per heavy atom. The number of aromatic nitrogens is 3. The monoisotopic (exact) mass is 330 g/mol. The van der Waals surface area contributed by atoms with E-state index in [1.165, 1.54) is 19.2 Å². The van der Waals surface area contributed by atoms with Gasteiger partial charge in [-0.15, -0.1) is 0 Å². The molecule has 6 nitrogen and oxygen atoms in total. The number of hydrogen-bond donors (Lipinski definition) is 1. The van der Waals surface area contributed by atoms with E-state index in [0.29, 0.717) is 23.5 Å². The summed E-state index contributed by atoms with van der Waals surface area (Å²) < 4.78 is 0. The molecule has 2 aromatic heterocycles. The van der Waals surface area contributed by atoms with E-state index in [4.69, 9.17) is 11.6 Å². The lowest BCUT2D eigenvalue weighted by Gasteiger charge is -2.09. The molecule has 0 spiro atoms. The van der Waals surface area contributed by atoms with Crippen LogP contribution in [-0.2, 0) is 4.79 Å². The first kappa shape index (κ1) is 15.6. The van der Waals surface area contributed by atoms with Gasteiger partial charge in [0.1, 0.15) is 11.0 Å². The van der Waals surface area contributed by atoms with E-state index in [1.807, 2.05) is 13.0 Å². The fourth-order valence-corrected chi connectivity index (χ4v) is 2.61. The fraction of sp³-hybridized carbons (Fsp3) is 0.312. The molecule has 2 heterocycles. The van der Waals surface area contributed by atoms with Crippen molar-refractivity contribution >= 4 is 29.0 Å². The lowest BCUT2D eigenvalue weighted by molar-refractivity contribution is -0.117. The molecule has 1 N–H and O–H groups in total. The normalized spacial score (nSPS) is 19.3. The van der Waals surface area contributed by atoms with Crippen LogP contribution in [0.5, 0.6) is 0 Å². The van der Waals surface area contributed by atoms with Crippen molar-refractivity contribution < 1.29 is 9.59 Å². The predicted molar refractivity (Wildman–Crippen MR) is 85.5 cm³/mol. The molecular weight excluding hydrogens is 316 g/mol. The minimum absolute atomic E-state index is 0.0213. The number of halogens is 1. The van der Waals surface area contributed by atoms with Crippen LogP contribution in [0.15, 0.2) is 24.5 Å². The zero-order valence-corrected chi connectivity index (χ0v) is 13.5. The van der Waals surface area contributed by atoms with Gasteiger partial charge in [0.15, 0.2) is 5.78 Å². The third kappa shape index (κ3) is 3.37. The van der Waals surface area contributed by atoms with E-state index >= 15 is 0 Å². The maximum absolute atomic E-state index is 12.4. The van der Waals surface area contributed by atoms with Crippen LogP contribution in [-0.4, -0.2) is 26.6 Å². The topological polar surface area (TPSA) is 84.8 Å². The summed E-state index contributed by atoms with van der Waals surface area (Å²) in [6, 6.07) is 3.30. The SMILES string of the molecule is CC(=O)c1cnc(Cl)cc1NC(=O)[C@H]1C[C@@H]1c1nccc(C)n1. The van der Waals surface area contributed by atoms with Gasteiger partial charge >= 0.3 is 0 Å². The molecule has 0 bridgehead atoms. The Bertz CT molecular complexity index is 793. The highest BCUT2D eigenvalue weighted by Crippen LogP contribution is 2.46. The first-order valence-electron chi connectivity index (χ1n) is 7.22. The van der Waals surface area contributed by atoms with Crippen molar-refractivity contribution in [3.05, 3.63) is 46.8 Å². The molecule has 2 atom stereocenters. The van der Waals surface area contributed by atoms with Crippen molar-refractivity contribution in [2.24, 2.45) is 5.92 Å². The van der Waals surface area contributed by atoms with E-state index < -0.39 is 0 Å². The maximum Gasteiger partial charge on any atom is 0.228 e. The van der Waals surface area contributed by atoms with Gasteiger partial charge in [0.2, 0.25) is 5.91 Å². The Morgan fingerprint density at radius 1 is 1.35 bits per heavy atom. The summed E-state index contributed by atoms with van der Waals surface area (Å²) in [5.74, 6) is 0.171. The first-order chi connectivity index (χ1) is 11.0. The molecule has 0 unspecified atom stereocenters. The van der Waals surface area contributed by atoms with Crippen molar-refractivity contribution in [3.63, 3.8) is 0 Å². The highest BCUT2D eigenvalue weighted by atomic mass is 35.5. The van der Waals surface area contributed by atoms with E-state index in [1.54, 1.807) is 6.20 Å². The molecule has 23 heavy (non-hydrogen) atoms. The minimum Gasteiger partial charge on any atom is -0.325 e. The molecule has 0 radical (unpaired) electrons. The molecule has 3 rings (SSSR count). The van der Waals surface area contributed by atoms with E-state index in [2.05, 4.69) is 20.3 Å². The highest BCUT2D eigenvalue weighted by molar-refractivity contribution is 6.30. The Balaban J connectivity index is 1.74. The third-order valence-corrected chi connectivity index (χ3v) is 3.99. The number of anilines is 1. The minimum atomic E-state index is -0.191. The molecule has 1 fully saturated rings. The summed E-state index contributed by atoms with van der Waals surface area (Å²) in [7, 11) is 0. The van der Waals surface area contributed by atoms with E-state index in [-0.39, 0.29) is 28.7 Å². The standard InChI is InChI=1S/C16H15ClN4O2/c1-8-3-4-18-15(20-8)10-5-11(10)16(23)21-13-6-14(17)19-7-12(13)9(2)22/h3-4,6-7,10-11H,5H2,1-2H3,(H,19,21,23)/t10-,11-/m0/s1. The quantitative estimate of drug-likeness (QED) is 0.688. The Kier molecular flexibility index (Phi) is 4.09. The Morgan fingerprint density at radius 2 is 2.13 bits per heavy atom. The molecule has 0 aliphatic heterocycles. The Labute approximate surface area is 138 Å². The summed E-state index contributed by atoms with van der Waals surface area (Å²) in [4.78, 5) is 36.5. The zero-order valence-electron chi connectivity index (χ0n) is 12.7. The van der Waals surface area contributed by atoms with Crippen molar-refractivity contribution in [1.82, 2.24) is 15.0 Å².